The number of amides is 3. The lowest BCUT2D eigenvalue weighted by Gasteiger charge is -2.32. The number of hydrogen-bond donors (Lipinski definition) is 2. The van der Waals surface area contributed by atoms with Crippen LogP contribution >= 0.6 is 34.4 Å². The van der Waals surface area contributed by atoms with Gasteiger partial charge in [-0.25, -0.2) is 4.79 Å². The third-order valence-corrected chi connectivity index (χ3v) is 7.89. The van der Waals surface area contributed by atoms with Crippen LogP contribution in [0, 0.1) is 3.57 Å². The second-order valence-electron chi connectivity index (χ2n) is 7.62. The Bertz CT molecular complexity index is 691. The predicted octanol–water partition coefficient (Wildman–Crippen LogP) is 2.38. The number of rotatable bonds is 6. The lowest BCUT2D eigenvalue weighted by atomic mass is 10.0. The Morgan fingerprint density at radius 3 is 2.85 bits per heavy atom. The summed E-state index contributed by atoms with van der Waals surface area (Å²) in [6, 6.07) is 0.940. The number of carbonyl (C=O) groups is 2. The van der Waals surface area contributed by atoms with Gasteiger partial charge in [-0.05, 0) is 48.3 Å². The second kappa shape index (κ2) is 8.59. The Balaban J connectivity index is 1.14. The highest BCUT2D eigenvalue weighted by Gasteiger charge is 2.42. The third kappa shape index (κ3) is 4.55. The minimum Gasteiger partial charge on any atom is -0.343 e. The number of nitrogens with zero attached hydrogens (tertiary/aromatic N) is 3. The molecule has 3 fully saturated rings. The van der Waals surface area contributed by atoms with Crippen molar-refractivity contribution in [2.45, 2.75) is 61.9 Å². The summed E-state index contributed by atoms with van der Waals surface area (Å²) >= 11 is 4.22. The molecular formula is C18H26IN5O2S. The minimum atomic E-state index is -0.0290. The highest BCUT2D eigenvalue weighted by atomic mass is 127. The normalized spacial score (nSPS) is 28.1. The molecule has 0 saturated carbocycles. The molecule has 3 atom stereocenters. The molecule has 3 aliphatic heterocycles. The van der Waals surface area contributed by atoms with Crippen molar-refractivity contribution in [3.63, 3.8) is 0 Å². The van der Waals surface area contributed by atoms with Crippen molar-refractivity contribution >= 4 is 46.3 Å². The van der Waals surface area contributed by atoms with Crippen LogP contribution in [0.1, 0.15) is 44.6 Å². The first-order chi connectivity index (χ1) is 13.1. The average Bonchev–Trinajstić information content (AvgIpc) is 3.35. The first-order valence-electron chi connectivity index (χ1n) is 9.76. The largest absolute Gasteiger partial charge is 0.343 e. The molecule has 27 heavy (non-hydrogen) atoms. The van der Waals surface area contributed by atoms with E-state index >= 15 is 0 Å². The molecule has 3 saturated heterocycles. The highest BCUT2D eigenvalue weighted by Crippen LogP contribution is 2.33. The van der Waals surface area contributed by atoms with Crippen LogP contribution < -0.4 is 10.6 Å². The van der Waals surface area contributed by atoms with Crippen molar-refractivity contribution in [1.82, 2.24) is 25.3 Å². The van der Waals surface area contributed by atoms with Gasteiger partial charge in [-0.15, -0.1) is 0 Å². The number of hydrogen-bond acceptors (Lipinski definition) is 4. The number of halogens is 1. The van der Waals surface area contributed by atoms with Crippen molar-refractivity contribution in [1.29, 1.82) is 0 Å². The molecular weight excluding hydrogens is 477 g/mol. The molecule has 4 rings (SSSR count). The molecule has 4 heterocycles. The van der Waals surface area contributed by atoms with Crippen LogP contribution in [0.15, 0.2) is 12.4 Å². The average molecular weight is 503 g/mol. The van der Waals surface area contributed by atoms with Gasteiger partial charge in [-0.1, -0.05) is 6.42 Å². The molecule has 0 aliphatic carbocycles. The van der Waals surface area contributed by atoms with Gasteiger partial charge in [0.2, 0.25) is 5.91 Å². The number of likely N-dealkylation sites (tertiary alicyclic amines) is 1. The van der Waals surface area contributed by atoms with E-state index in [1.807, 2.05) is 27.5 Å². The van der Waals surface area contributed by atoms with Crippen molar-refractivity contribution < 1.29 is 9.59 Å². The topological polar surface area (TPSA) is 79.3 Å². The number of thioether (sulfide) groups is 1. The van der Waals surface area contributed by atoms with Crippen molar-refractivity contribution in [2.24, 2.45) is 0 Å². The fourth-order valence-electron chi connectivity index (χ4n) is 4.32. The van der Waals surface area contributed by atoms with Gasteiger partial charge >= 0.3 is 6.03 Å². The summed E-state index contributed by atoms with van der Waals surface area (Å²) in [7, 11) is 0. The molecule has 1 aromatic heterocycles. The van der Waals surface area contributed by atoms with E-state index in [0.29, 0.717) is 17.7 Å². The van der Waals surface area contributed by atoms with Crippen LogP contribution in [0.5, 0.6) is 0 Å². The van der Waals surface area contributed by atoms with Crippen LogP contribution in [-0.4, -0.2) is 62.8 Å². The molecule has 2 N–H and O–H groups in total. The van der Waals surface area contributed by atoms with Gasteiger partial charge in [-0.2, -0.15) is 16.9 Å². The molecule has 9 heteroatoms. The van der Waals surface area contributed by atoms with Crippen LogP contribution in [0.2, 0.25) is 0 Å². The summed E-state index contributed by atoms with van der Waals surface area (Å²) in [6.45, 7) is 1.67. The molecule has 3 aliphatic rings. The number of carbonyl (C=O) groups excluding carboxylic acids is 2. The summed E-state index contributed by atoms with van der Waals surface area (Å²) in [5, 5.41) is 10.9. The Morgan fingerprint density at radius 1 is 1.30 bits per heavy atom. The van der Waals surface area contributed by atoms with Gasteiger partial charge < -0.3 is 15.5 Å². The maximum absolute atomic E-state index is 12.5. The van der Waals surface area contributed by atoms with E-state index in [4.69, 9.17) is 0 Å². The summed E-state index contributed by atoms with van der Waals surface area (Å²) < 4.78 is 3.21. The Labute approximate surface area is 177 Å². The zero-order valence-corrected chi connectivity index (χ0v) is 18.2. The Morgan fingerprint density at radius 2 is 2.11 bits per heavy atom. The molecule has 0 aromatic carbocycles. The molecule has 1 aromatic rings. The number of fused-ring (bicyclic) bond motifs is 1. The van der Waals surface area contributed by atoms with Crippen molar-refractivity contribution in [3.05, 3.63) is 16.0 Å². The fraction of sp³-hybridized carbons (Fsp3) is 0.722. The Hall–Kier alpha value is -0.970. The third-order valence-electron chi connectivity index (χ3n) is 5.83. The highest BCUT2D eigenvalue weighted by molar-refractivity contribution is 14.1. The van der Waals surface area contributed by atoms with Gasteiger partial charge in [0.1, 0.15) is 0 Å². The molecule has 0 spiro atoms. The second-order valence-corrected chi connectivity index (χ2v) is 10.1. The maximum Gasteiger partial charge on any atom is 0.315 e. The minimum absolute atomic E-state index is 0.0290. The maximum atomic E-state index is 12.5. The first kappa shape index (κ1) is 19.4. The number of aromatic nitrogens is 2. The number of piperidine rings is 1. The summed E-state index contributed by atoms with van der Waals surface area (Å²) in [5.41, 5.74) is 0. The summed E-state index contributed by atoms with van der Waals surface area (Å²) in [4.78, 5) is 25.9. The monoisotopic (exact) mass is 503 g/mol. The van der Waals surface area contributed by atoms with E-state index in [1.165, 1.54) is 0 Å². The van der Waals surface area contributed by atoms with Crippen LogP contribution in [0.4, 0.5) is 4.79 Å². The first-order valence-corrected chi connectivity index (χ1v) is 11.9. The Kier molecular flexibility index (Phi) is 6.15. The van der Waals surface area contributed by atoms with Gasteiger partial charge in [0, 0.05) is 36.7 Å². The molecule has 0 bridgehead atoms. The molecule has 148 valence electrons. The molecule has 3 amide bonds. The lowest BCUT2D eigenvalue weighted by molar-refractivity contribution is -0.132. The molecule has 0 unspecified atom stereocenters. The van der Waals surface area contributed by atoms with Crippen LogP contribution in [0.25, 0.3) is 0 Å². The number of nitrogens with one attached hydrogen (secondary N) is 2. The SMILES string of the molecule is O=C1N[C@H]2[C@H](CS[C@H]2CCCCC(=O)N2CCC(n3cc(I)cn3)CC2)N1. The van der Waals surface area contributed by atoms with E-state index < -0.39 is 0 Å². The summed E-state index contributed by atoms with van der Waals surface area (Å²) in [6.07, 6.45) is 9.63. The van der Waals surface area contributed by atoms with Gasteiger partial charge in [-0.3, -0.25) is 9.48 Å². The smallest absolute Gasteiger partial charge is 0.315 e. The number of urea groups is 1. The fourth-order valence-corrected chi connectivity index (χ4v) is 6.27. The van der Waals surface area contributed by atoms with Crippen molar-refractivity contribution in [3.8, 4) is 0 Å². The molecule has 7 nitrogen and oxygen atoms in total. The quantitative estimate of drug-likeness (QED) is 0.355. The standard InChI is InChI=1S/C18H26IN5O2S/c19-12-9-20-24(10-12)13-5-7-23(8-6-13)16(25)4-2-1-3-15-17-14(11-27-15)21-18(26)22-17/h9-10,13-15,17H,1-8,11H2,(H2,21,22,26)/t14-,15-,17-/m0/s1. The van der Waals surface area contributed by atoms with Gasteiger partial charge in [0.15, 0.2) is 0 Å². The van der Waals surface area contributed by atoms with E-state index in [2.05, 4.69) is 44.5 Å². The van der Waals surface area contributed by atoms with Gasteiger partial charge in [0.05, 0.1) is 27.9 Å². The lowest BCUT2D eigenvalue weighted by Crippen LogP contribution is -2.39. The van der Waals surface area contributed by atoms with E-state index in [1.54, 1.807) is 0 Å². The summed E-state index contributed by atoms with van der Waals surface area (Å²) in [5.74, 6) is 1.29. The zero-order chi connectivity index (χ0) is 18.8. The zero-order valence-electron chi connectivity index (χ0n) is 15.3. The van der Waals surface area contributed by atoms with E-state index in [-0.39, 0.29) is 24.0 Å². The van der Waals surface area contributed by atoms with Crippen molar-refractivity contribution in [2.75, 3.05) is 18.8 Å². The van der Waals surface area contributed by atoms with E-state index in [0.717, 1.165) is 54.5 Å². The predicted molar refractivity (Wildman–Crippen MR) is 114 cm³/mol. The van der Waals surface area contributed by atoms with E-state index in [9.17, 15) is 9.59 Å². The molecule has 0 radical (unpaired) electrons. The number of unbranched alkanes of at least 4 members (excludes halogenated alkanes) is 1. The van der Waals surface area contributed by atoms with Crippen LogP contribution in [0.3, 0.4) is 0 Å². The van der Waals surface area contributed by atoms with Gasteiger partial charge in [0.25, 0.3) is 0 Å². The van der Waals surface area contributed by atoms with Crippen LogP contribution in [-0.2, 0) is 4.79 Å².